The van der Waals surface area contributed by atoms with Crippen molar-refractivity contribution < 1.29 is 0 Å². The van der Waals surface area contributed by atoms with Crippen molar-refractivity contribution in [3.63, 3.8) is 0 Å². The monoisotopic (exact) mass is 256 g/mol. The fourth-order valence-corrected chi connectivity index (χ4v) is 3.17. The number of aryl methyl sites for hydroxylation is 1. The number of fused-ring (bicyclic) bond motifs is 1. The summed E-state index contributed by atoms with van der Waals surface area (Å²) in [5.41, 5.74) is 4.23. The quantitative estimate of drug-likeness (QED) is 0.801. The molecule has 1 aliphatic rings. The fourth-order valence-electron chi connectivity index (χ4n) is 3.17. The number of nitrogens with zero attached hydrogens (tertiary/aromatic N) is 2. The molecule has 1 aromatic heterocycles. The molecule has 19 heavy (non-hydrogen) atoms. The summed E-state index contributed by atoms with van der Waals surface area (Å²) in [6, 6.07) is 7.38. The van der Waals surface area contributed by atoms with Crippen molar-refractivity contribution >= 4 is 10.9 Å². The SMILES string of the molecule is Cc1ccc2c(CN3CCCC3)cn(C(C)C)c2c1. The Balaban J connectivity index is 2.03. The first-order chi connectivity index (χ1) is 9.15. The Bertz CT molecular complexity index is 574. The average Bonchev–Trinajstić information content (AvgIpc) is 2.97. The van der Waals surface area contributed by atoms with E-state index in [1.807, 2.05) is 0 Å². The van der Waals surface area contributed by atoms with E-state index >= 15 is 0 Å². The highest BCUT2D eigenvalue weighted by Gasteiger charge is 2.16. The largest absolute Gasteiger partial charge is 0.345 e. The molecule has 2 nitrogen and oxygen atoms in total. The zero-order valence-corrected chi connectivity index (χ0v) is 12.3. The van der Waals surface area contributed by atoms with Crippen molar-refractivity contribution in [3.8, 4) is 0 Å². The molecule has 1 fully saturated rings. The second-order valence-electron chi connectivity index (χ2n) is 6.16. The van der Waals surface area contributed by atoms with Gasteiger partial charge in [0.25, 0.3) is 0 Å². The van der Waals surface area contributed by atoms with Crippen LogP contribution in [0.15, 0.2) is 24.4 Å². The molecule has 0 aliphatic carbocycles. The van der Waals surface area contributed by atoms with Crippen LogP contribution in [0.25, 0.3) is 10.9 Å². The van der Waals surface area contributed by atoms with E-state index < -0.39 is 0 Å². The number of aromatic nitrogens is 1. The van der Waals surface area contributed by atoms with Crippen molar-refractivity contribution in [3.05, 3.63) is 35.5 Å². The molecule has 0 N–H and O–H groups in total. The van der Waals surface area contributed by atoms with Crippen molar-refractivity contribution in [2.75, 3.05) is 13.1 Å². The lowest BCUT2D eigenvalue weighted by molar-refractivity contribution is 0.332. The van der Waals surface area contributed by atoms with Gasteiger partial charge in [0.15, 0.2) is 0 Å². The maximum absolute atomic E-state index is 2.58. The predicted octanol–water partition coefficient (Wildman–Crippen LogP) is 4.13. The molecule has 2 aromatic rings. The van der Waals surface area contributed by atoms with Gasteiger partial charge in [0.05, 0.1) is 0 Å². The summed E-state index contributed by atoms with van der Waals surface area (Å²) in [6.45, 7) is 10.3. The van der Waals surface area contributed by atoms with Gasteiger partial charge in [0.1, 0.15) is 0 Å². The van der Waals surface area contributed by atoms with E-state index in [0.29, 0.717) is 6.04 Å². The zero-order chi connectivity index (χ0) is 13.4. The lowest BCUT2D eigenvalue weighted by Gasteiger charge is -2.13. The molecule has 3 rings (SSSR count). The van der Waals surface area contributed by atoms with Gasteiger partial charge in [-0.15, -0.1) is 0 Å². The highest BCUT2D eigenvalue weighted by Crippen LogP contribution is 2.27. The smallest absolute Gasteiger partial charge is 0.0488 e. The van der Waals surface area contributed by atoms with Crippen LogP contribution in [0, 0.1) is 6.92 Å². The molecule has 0 bridgehead atoms. The number of hydrogen-bond acceptors (Lipinski definition) is 1. The van der Waals surface area contributed by atoms with Gasteiger partial charge in [-0.3, -0.25) is 4.90 Å². The van der Waals surface area contributed by atoms with E-state index in [9.17, 15) is 0 Å². The first-order valence-electron chi connectivity index (χ1n) is 7.47. The lowest BCUT2D eigenvalue weighted by Crippen LogP contribution is -2.18. The van der Waals surface area contributed by atoms with Crippen LogP contribution in [0.4, 0.5) is 0 Å². The summed E-state index contributed by atoms with van der Waals surface area (Å²) < 4.78 is 2.42. The van der Waals surface area contributed by atoms with Gasteiger partial charge in [-0.05, 0) is 63.9 Å². The van der Waals surface area contributed by atoms with E-state index in [2.05, 4.69) is 54.6 Å². The fraction of sp³-hybridized carbons (Fsp3) is 0.529. The summed E-state index contributed by atoms with van der Waals surface area (Å²) in [4.78, 5) is 2.58. The molecule has 1 aromatic carbocycles. The summed E-state index contributed by atoms with van der Waals surface area (Å²) >= 11 is 0. The Labute approximate surface area is 116 Å². The van der Waals surface area contributed by atoms with E-state index in [0.717, 1.165) is 6.54 Å². The highest BCUT2D eigenvalue weighted by atomic mass is 15.1. The second-order valence-corrected chi connectivity index (χ2v) is 6.16. The third-order valence-corrected chi connectivity index (χ3v) is 4.22. The van der Waals surface area contributed by atoms with Gasteiger partial charge >= 0.3 is 0 Å². The zero-order valence-electron chi connectivity index (χ0n) is 12.3. The van der Waals surface area contributed by atoms with E-state index in [4.69, 9.17) is 0 Å². The molecule has 0 radical (unpaired) electrons. The topological polar surface area (TPSA) is 8.17 Å². The molecular formula is C17H24N2. The van der Waals surface area contributed by atoms with Crippen LogP contribution in [0.1, 0.15) is 43.9 Å². The van der Waals surface area contributed by atoms with Gasteiger partial charge in [0.2, 0.25) is 0 Å². The van der Waals surface area contributed by atoms with E-state index in [-0.39, 0.29) is 0 Å². The van der Waals surface area contributed by atoms with Crippen LogP contribution in [0.5, 0.6) is 0 Å². The Morgan fingerprint density at radius 1 is 1.16 bits per heavy atom. The van der Waals surface area contributed by atoms with Gasteiger partial charge in [-0.2, -0.15) is 0 Å². The average molecular weight is 256 g/mol. The first kappa shape index (κ1) is 12.7. The van der Waals surface area contributed by atoms with Crippen molar-refractivity contribution in [1.29, 1.82) is 0 Å². The molecule has 2 heterocycles. The standard InChI is InChI=1S/C17H24N2/c1-13(2)19-12-15(11-18-8-4-5-9-18)16-7-6-14(3)10-17(16)19/h6-7,10,12-13H,4-5,8-9,11H2,1-3H3. The van der Waals surface area contributed by atoms with Crippen molar-refractivity contribution in [1.82, 2.24) is 9.47 Å². The third kappa shape index (κ3) is 2.42. The van der Waals surface area contributed by atoms with E-state index in [1.165, 1.54) is 48.0 Å². The Kier molecular flexibility index (Phi) is 3.36. The Hall–Kier alpha value is -1.28. The molecule has 0 saturated carbocycles. The summed E-state index contributed by atoms with van der Waals surface area (Å²) in [5, 5.41) is 1.44. The third-order valence-electron chi connectivity index (χ3n) is 4.22. The minimum absolute atomic E-state index is 0.525. The van der Waals surface area contributed by atoms with Crippen LogP contribution >= 0.6 is 0 Å². The Morgan fingerprint density at radius 3 is 2.58 bits per heavy atom. The molecule has 0 amide bonds. The molecular weight excluding hydrogens is 232 g/mol. The molecule has 0 spiro atoms. The number of hydrogen-bond donors (Lipinski definition) is 0. The minimum Gasteiger partial charge on any atom is -0.345 e. The summed E-state index contributed by atoms with van der Waals surface area (Å²) in [5.74, 6) is 0. The normalized spacial score (nSPS) is 16.8. The van der Waals surface area contributed by atoms with Crippen molar-refractivity contribution in [2.45, 2.75) is 46.2 Å². The molecule has 0 unspecified atom stereocenters. The highest BCUT2D eigenvalue weighted by molar-refractivity contribution is 5.84. The number of likely N-dealkylation sites (tertiary alicyclic amines) is 1. The van der Waals surface area contributed by atoms with Crippen LogP contribution < -0.4 is 0 Å². The minimum atomic E-state index is 0.525. The Morgan fingerprint density at radius 2 is 1.89 bits per heavy atom. The molecule has 2 heteroatoms. The molecule has 102 valence electrons. The molecule has 0 atom stereocenters. The number of benzene rings is 1. The van der Waals surface area contributed by atoms with Gasteiger partial charge in [0, 0.05) is 29.7 Å². The van der Waals surface area contributed by atoms with Gasteiger partial charge in [-0.25, -0.2) is 0 Å². The predicted molar refractivity (Wildman–Crippen MR) is 81.6 cm³/mol. The maximum Gasteiger partial charge on any atom is 0.0488 e. The first-order valence-corrected chi connectivity index (χ1v) is 7.47. The second kappa shape index (κ2) is 5.01. The van der Waals surface area contributed by atoms with Crippen LogP contribution in [-0.4, -0.2) is 22.6 Å². The lowest BCUT2D eigenvalue weighted by atomic mass is 10.1. The summed E-state index contributed by atoms with van der Waals surface area (Å²) in [6.07, 6.45) is 5.09. The summed E-state index contributed by atoms with van der Waals surface area (Å²) in [7, 11) is 0. The van der Waals surface area contributed by atoms with Crippen LogP contribution in [0.2, 0.25) is 0 Å². The maximum atomic E-state index is 2.58. The van der Waals surface area contributed by atoms with Crippen molar-refractivity contribution in [2.24, 2.45) is 0 Å². The van der Waals surface area contributed by atoms with Gasteiger partial charge < -0.3 is 4.57 Å². The molecule has 1 aliphatic heterocycles. The van der Waals surface area contributed by atoms with Crippen LogP contribution in [-0.2, 0) is 6.54 Å². The van der Waals surface area contributed by atoms with Crippen LogP contribution in [0.3, 0.4) is 0 Å². The van der Waals surface area contributed by atoms with Gasteiger partial charge in [-0.1, -0.05) is 12.1 Å². The van der Waals surface area contributed by atoms with E-state index in [1.54, 1.807) is 0 Å². The number of rotatable bonds is 3. The molecule has 1 saturated heterocycles.